The van der Waals surface area contributed by atoms with Gasteiger partial charge in [0.1, 0.15) is 11.2 Å². The van der Waals surface area contributed by atoms with Crippen LogP contribution in [0.25, 0.3) is 120 Å². The second kappa shape index (κ2) is 17.2. The third-order valence-electron chi connectivity index (χ3n) is 13.7. The average molecular weight is 1050 g/mol. The molecule has 77 heavy (non-hydrogen) atoms. The minimum absolute atomic E-state index is 0.00951. The molecule has 8 heteroatoms. The summed E-state index contributed by atoms with van der Waals surface area (Å²) in [6, 6.07) is -8.08. The number of aromatic nitrogens is 5. The Bertz CT molecular complexity index is 6670. The summed E-state index contributed by atoms with van der Waals surface area (Å²) in [5.74, 6) is -2.75. The lowest BCUT2D eigenvalue weighted by Crippen LogP contribution is -2.74. The SMILES string of the molecule is [2H]c1c([2H])c([2H])c([Si](c2ccc3oc4ccccc4c3c2)(c2c([2H])c([2H])c([2H])c([2H])c2[2H])c2c([2H])c([2H])c([2H])c(-c3nc(-c4c([2H])c([2H])c([2H])c([2H])c4-n4c5c([2H])c([2H])c([2H])c([2H])c5c5c([2H])c([2H])c([2H])c([2H])c54)nc(-n4c5ccc6c7ccccc7sc6c5c5c([2H])c([2H])c([2H])c([2H])c54)n3)c2[2H])c([2H])c1[2H]. The summed E-state index contributed by atoms with van der Waals surface area (Å²) in [4.78, 5) is 14.7. The molecule has 11 aromatic carbocycles. The van der Waals surface area contributed by atoms with Gasteiger partial charge < -0.3 is 8.98 Å². The van der Waals surface area contributed by atoms with Gasteiger partial charge in [0.2, 0.25) is 5.95 Å². The van der Waals surface area contributed by atoms with E-state index < -0.39 is 261 Å². The number of para-hydroxylation sites is 5. The molecule has 0 radical (unpaired) electrons. The molecular formula is C69H43N5OSSi. The van der Waals surface area contributed by atoms with Crippen molar-refractivity contribution in [3.05, 3.63) is 260 Å². The maximum atomic E-state index is 11.0. The van der Waals surface area contributed by atoms with E-state index in [1.165, 1.54) is 35.6 Å². The van der Waals surface area contributed by atoms with E-state index in [-0.39, 0.29) is 38.0 Å². The highest BCUT2D eigenvalue weighted by Crippen LogP contribution is 2.44. The van der Waals surface area contributed by atoms with E-state index >= 15 is 0 Å². The van der Waals surface area contributed by atoms with Crippen LogP contribution >= 0.6 is 11.3 Å². The molecule has 0 aliphatic heterocycles. The first kappa shape index (κ1) is 23.4. The fraction of sp³-hybridized carbons (Fsp3) is 0. The Balaban J connectivity index is 1.15. The van der Waals surface area contributed by atoms with Crippen molar-refractivity contribution in [2.45, 2.75) is 0 Å². The number of furan rings is 1. The Hall–Kier alpha value is -9.73. The van der Waals surface area contributed by atoms with Gasteiger partial charge in [-0.15, -0.1) is 11.3 Å². The summed E-state index contributed by atoms with van der Waals surface area (Å²) < 4.78 is 295. The predicted molar refractivity (Wildman–Crippen MR) is 323 cm³/mol. The van der Waals surface area contributed by atoms with E-state index in [0.717, 1.165) is 19.2 Å². The van der Waals surface area contributed by atoms with Gasteiger partial charge in [0.15, 0.2) is 19.7 Å². The van der Waals surface area contributed by atoms with Crippen LogP contribution in [0.4, 0.5) is 0 Å². The van der Waals surface area contributed by atoms with Crippen molar-refractivity contribution in [2.75, 3.05) is 0 Å². The second-order valence-corrected chi connectivity index (χ2v) is 22.2. The molecule has 0 unspecified atom stereocenters. The van der Waals surface area contributed by atoms with Crippen LogP contribution in [0.2, 0.25) is 0 Å². The van der Waals surface area contributed by atoms with Crippen LogP contribution in [0.15, 0.2) is 265 Å². The highest BCUT2D eigenvalue weighted by molar-refractivity contribution is 7.26. The topological polar surface area (TPSA) is 61.7 Å². The van der Waals surface area contributed by atoms with Crippen LogP contribution in [0.3, 0.4) is 0 Å². The molecule has 5 aromatic heterocycles. The van der Waals surface area contributed by atoms with Gasteiger partial charge in [-0.2, -0.15) is 9.97 Å². The number of hydrogen-bond acceptors (Lipinski definition) is 5. The Morgan fingerprint density at radius 1 is 0.416 bits per heavy atom. The summed E-state index contributed by atoms with van der Waals surface area (Å²) in [5.41, 5.74) is -3.96. The highest BCUT2D eigenvalue weighted by atomic mass is 32.1. The molecule has 360 valence electrons. The molecule has 16 rings (SSSR count). The summed E-state index contributed by atoms with van der Waals surface area (Å²) in [6.07, 6.45) is 0. The number of fused-ring (bicyclic) bond motifs is 13. The van der Waals surface area contributed by atoms with E-state index in [9.17, 15) is 31.5 Å². The minimum Gasteiger partial charge on any atom is -0.456 e. The van der Waals surface area contributed by atoms with Crippen molar-refractivity contribution in [3.63, 3.8) is 0 Å². The largest absolute Gasteiger partial charge is 0.456 e. The molecule has 0 aliphatic rings. The molecule has 0 amide bonds. The van der Waals surface area contributed by atoms with Crippen LogP contribution < -0.4 is 20.7 Å². The van der Waals surface area contributed by atoms with Gasteiger partial charge in [-0.05, 0) is 75.2 Å². The monoisotopic (exact) mass is 1050 g/mol. The van der Waals surface area contributed by atoms with E-state index in [1.54, 1.807) is 42.5 Å². The second-order valence-electron chi connectivity index (χ2n) is 17.6. The summed E-state index contributed by atoms with van der Waals surface area (Å²) in [5, 5.41) is -1.88. The molecule has 0 N–H and O–H groups in total. The minimum atomic E-state index is -5.99. The lowest BCUT2D eigenvalue weighted by Gasteiger charge is -2.34. The molecule has 5 heterocycles. The number of benzene rings is 11. The first-order valence-corrected chi connectivity index (χ1v) is 26.4. The normalized spacial score (nSPS) is 17.6. The third-order valence-corrected chi connectivity index (χ3v) is 19.0. The van der Waals surface area contributed by atoms with Crippen molar-refractivity contribution < 1.29 is 45.5 Å². The summed E-state index contributed by atoms with van der Waals surface area (Å²) in [6.45, 7) is 0. The average Bonchev–Trinajstić information content (AvgIpc) is 1.59. The van der Waals surface area contributed by atoms with Gasteiger partial charge in [0.05, 0.1) is 68.9 Å². The molecule has 0 saturated heterocycles. The zero-order valence-corrected chi connectivity index (χ0v) is 40.9. The zero-order valence-electron chi connectivity index (χ0n) is 69.1. The Morgan fingerprint density at radius 2 is 1.03 bits per heavy atom. The van der Waals surface area contributed by atoms with Crippen molar-refractivity contribution in [2.24, 2.45) is 0 Å². The van der Waals surface area contributed by atoms with Gasteiger partial charge in [-0.1, -0.05) is 206 Å². The van der Waals surface area contributed by atoms with Crippen LogP contribution in [0, 0.1) is 0 Å². The fourth-order valence-electron chi connectivity index (χ4n) is 10.4. The standard InChI is InChI=1S/C69H43N5OSSi/c1-3-21-45(22-4-1)77(46-23-5-2-6-24-46,48-38-41-63-56(43-48)51-28-11-17-36-62(51)75-63)47-25-19-20-44(42-47)67-70-68(55-31-10-16-35-60(55)73-57-32-13-7-26-49(57)50-27-8-14-33-58(50)73)72-69(71-67)74-59-34-15-9-30-54(59)65-61(74)40-39-53-52-29-12-18-37-64(52)76-66(53)65/h1-43H/i1D,2D,3D,4D,5D,6D,7D,8D,9D,10D,13D,14D,15D,16D,19D,20D,21D,22D,23D,24D,25D,26D,27D,30D,31D,32D,33D,34D,35D,42D. The molecule has 0 atom stereocenters. The van der Waals surface area contributed by atoms with Gasteiger partial charge in [0, 0.05) is 63.6 Å². The van der Waals surface area contributed by atoms with E-state index in [1.807, 2.05) is 12.1 Å². The number of rotatable bonds is 8. The number of nitrogens with zero attached hydrogens (tertiary/aromatic N) is 5. The third kappa shape index (κ3) is 6.56. The quantitative estimate of drug-likeness (QED) is 0.112. The molecule has 6 nitrogen and oxygen atoms in total. The van der Waals surface area contributed by atoms with Gasteiger partial charge >= 0.3 is 0 Å². The molecule has 0 saturated carbocycles. The lowest BCUT2D eigenvalue weighted by atomic mass is 10.1. The lowest BCUT2D eigenvalue weighted by molar-refractivity contribution is 0.669. The van der Waals surface area contributed by atoms with Gasteiger partial charge in [0.25, 0.3) is 0 Å². The maximum absolute atomic E-state index is 11.0. The van der Waals surface area contributed by atoms with Crippen molar-refractivity contribution in [3.8, 4) is 34.4 Å². The van der Waals surface area contributed by atoms with Crippen LogP contribution in [0.1, 0.15) is 41.1 Å². The Morgan fingerprint density at radius 3 is 1.79 bits per heavy atom. The summed E-state index contributed by atoms with van der Waals surface area (Å²) >= 11 is 1.25. The molecule has 0 spiro atoms. The fourth-order valence-corrected chi connectivity index (χ4v) is 15.6. The molecule has 0 bridgehead atoms. The van der Waals surface area contributed by atoms with Crippen molar-refractivity contribution in [1.82, 2.24) is 24.1 Å². The van der Waals surface area contributed by atoms with E-state index in [4.69, 9.17) is 29.0 Å². The number of thiophene rings is 1. The van der Waals surface area contributed by atoms with Crippen LogP contribution in [-0.4, -0.2) is 32.2 Å². The van der Waals surface area contributed by atoms with Crippen LogP contribution in [0.5, 0.6) is 0 Å². The van der Waals surface area contributed by atoms with Crippen LogP contribution in [-0.2, 0) is 0 Å². The predicted octanol–water partition coefficient (Wildman–Crippen LogP) is 15.0. The summed E-state index contributed by atoms with van der Waals surface area (Å²) in [7, 11) is -5.99. The number of hydrogen-bond donors (Lipinski definition) is 0. The molecular weight excluding hydrogens is 975 g/mol. The first-order valence-electron chi connectivity index (χ1n) is 38.6. The van der Waals surface area contributed by atoms with Gasteiger partial charge in [-0.3, -0.25) is 4.57 Å². The van der Waals surface area contributed by atoms with Crippen molar-refractivity contribution in [1.29, 1.82) is 0 Å². The molecule has 16 aromatic rings. The van der Waals surface area contributed by atoms with Crippen molar-refractivity contribution >= 4 is 126 Å². The maximum Gasteiger partial charge on any atom is 0.238 e. The van der Waals surface area contributed by atoms with E-state index in [0.29, 0.717) is 21.1 Å². The highest BCUT2D eigenvalue weighted by Gasteiger charge is 2.42. The van der Waals surface area contributed by atoms with E-state index in [2.05, 4.69) is 0 Å². The Kier molecular flexibility index (Phi) is 5.22. The molecule has 0 fully saturated rings. The zero-order chi connectivity index (χ0) is 76.7. The Labute approximate surface area is 489 Å². The smallest absolute Gasteiger partial charge is 0.238 e. The molecule has 0 aliphatic carbocycles. The first-order chi connectivity index (χ1) is 50.6. The van der Waals surface area contributed by atoms with Gasteiger partial charge in [-0.25, -0.2) is 4.98 Å².